The van der Waals surface area contributed by atoms with Crippen LogP contribution in [0.25, 0.3) is 0 Å². The van der Waals surface area contributed by atoms with Crippen molar-refractivity contribution in [1.29, 1.82) is 0 Å². The van der Waals surface area contributed by atoms with E-state index in [4.69, 9.17) is 28.4 Å². The molecule has 0 bridgehead atoms. The van der Waals surface area contributed by atoms with Crippen LogP contribution in [0.1, 0.15) is 71.1 Å². The molecule has 0 spiro atoms. The van der Waals surface area contributed by atoms with Crippen molar-refractivity contribution < 1.29 is 43.4 Å². The first kappa shape index (κ1) is 33.2. The Morgan fingerprint density at radius 2 is 1.19 bits per heavy atom. The van der Waals surface area contributed by atoms with Crippen LogP contribution in [0.15, 0.2) is 46.9 Å². The van der Waals surface area contributed by atoms with Crippen molar-refractivity contribution >= 4 is 27.5 Å². The first-order chi connectivity index (χ1) is 22.1. The van der Waals surface area contributed by atoms with Crippen LogP contribution in [-0.4, -0.2) is 55.1 Å². The highest BCUT2D eigenvalue weighted by molar-refractivity contribution is 9.10. The van der Waals surface area contributed by atoms with E-state index in [1.165, 1.54) is 0 Å². The van der Waals surface area contributed by atoms with Crippen molar-refractivity contribution in [1.82, 2.24) is 0 Å². The molecule has 10 nitrogen and oxygen atoms in total. The van der Waals surface area contributed by atoms with E-state index < -0.39 is 17.6 Å². The summed E-state index contributed by atoms with van der Waals surface area (Å²) in [4.78, 5) is 14.7. The Morgan fingerprint density at radius 3 is 1.64 bits per heavy atom. The zero-order chi connectivity index (χ0) is 33.7. The quantitative estimate of drug-likeness (QED) is 0.215. The number of anilines is 1. The van der Waals surface area contributed by atoms with Gasteiger partial charge < -0.3 is 44.0 Å². The normalized spacial score (nSPS) is 17.3. The van der Waals surface area contributed by atoms with Crippen LogP contribution in [0.5, 0.6) is 34.5 Å². The van der Waals surface area contributed by atoms with Crippen molar-refractivity contribution in [2.75, 3.05) is 32.1 Å². The lowest BCUT2D eigenvalue weighted by molar-refractivity contribution is -0.118. The van der Waals surface area contributed by atoms with Crippen molar-refractivity contribution in [3.63, 3.8) is 0 Å². The van der Waals surface area contributed by atoms with Gasteiger partial charge in [0.05, 0.1) is 12.2 Å². The van der Waals surface area contributed by atoms with Gasteiger partial charge >= 0.3 is 0 Å². The molecular formula is C36H42BrNO9. The highest BCUT2D eigenvalue weighted by atomic mass is 79.9. The maximum absolute atomic E-state index is 14.7. The summed E-state index contributed by atoms with van der Waals surface area (Å²) < 4.78 is 36.7. The molecule has 0 saturated carbocycles. The Kier molecular flexibility index (Phi) is 8.78. The number of carbonyl (C=O) groups excluding carboxylic acids is 1. The van der Waals surface area contributed by atoms with E-state index >= 15 is 0 Å². The molecule has 0 fully saturated rings. The van der Waals surface area contributed by atoms with E-state index in [9.17, 15) is 15.0 Å². The second kappa shape index (κ2) is 12.4. The van der Waals surface area contributed by atoms with E-state index in [0.29, 0.717) is 69.7 Å². The monoisotopic (exact) mass is 711 g/mol. The second-order valence-electron chi connectivity index (χ2n) is 14.8. The van der Waals surface area contributed by atoms with Crippen LogP contribution in [0, 0.1) is 10.8 Å². The Bertz CT molecular complexity index is 1590. The summed E-state index contributed by atoms with van der Waals surface area (Å²) in [5.41, 5.74) is 0.350. The molecule has 3 aliphatic heterocycles. The molecule has 3 aliphatic rings. The summed E-state index contributed by atoms with van der Waals surface area (Å²) in [5.74, 6) is 2.14. The molecular weight excluding hydrogens is 670 g/mol. The maximum Gasteiger partial charge on any atom is 0.244 e. The smallest absolute Gasteiger partial charge is 0.244 e. The van der Waals surface area contributed by atoms with Crippen LogP contribution < -0.4 is 33.7 Å². The number of hydrogen-bond acceptors (Lipinski definition) is 9. The Labute approximate surface area is 283 Å². The molecule has 3 N–H and O–H groups in total. The van der Waals surface area contributed by atoms with Gasteiger partial charge in [0.2, 0.25) is 19.5 Å². The molecule has 1 amide bonds. The van der Waals surface area contributed by atoms with Gasteiger partial charge in [0.15, 0.2) is 23.0 Å². The van der Waals surface area contributed by atoms with Crippen molar-refractivity contribution in [3.8, 4) is 34.5 Å². The van der Waals surface area contributed by atoms with Crippen LogP contribution in [0.2, 0.25) is 0 Å². The van der Waals surface area contributed by atoms with Gasteiger partial charge in [0, 0.05) is 39.0 Å². The minimum atomic E-state index is -1.55. The molecule has 0 saturated heterocycles. The number of aliphatic hydroxyl groups excluding tert-OH is 2. The van der Waals surface area contributed by atoms with Gasteiger partial charge in [-0.1, -0.05) is 63.5 Å². The predicted octanol–water partition coefficient (Wildman–Crippen LogP) is 6.54. The first-order valence-corrected chi connectivity index (χ1v) is 16.5. The molecule has 0 unspecified atom stereocenters. The molecule has 3 aromatic rings. The van der Waals surface area contributed by atoms with Gasteiger partial charge in [-0.25, -0.2) is 0 Å². The molecule has 2 atom stereocenters. The van der Waals surface area contributed by atoms with Crippen LogP contribution in [0.4, 0.5) is 5.69 Å². The fourth-order valence-electron chi connectivity index (χ4n) is 6.54. The average molecular weight is 713 g/mol. The van der Waals surface area contributed by atoms with E-state index in [0.717, 1.165) is 4.47 Å². The SMILES string of the molecule is CC(C)(C)C[C@@H](O)COc1cc2c(cc1C1(c3cc4c(cc3OC[C@H](O)CC(C)(C)C)OCO4)C(=O)Nc3cc(Br)ccc31)OCO2. The minimum Gasteiger partial charge on any atom is -0.490 e. The zero-order valence-electron chi connectivity index (χ0n) is 27.6. The molecule has 6 rings (SSSR count). The number of rotatable bonds is 10. The number of ether oxygens (including phenoxy) is 6. The number of benzene rings is 3. The minimum absolute atomic E-state index is 0.0116. The van der Waals surface area contributed by atoms with Crippen LogP contribution in [-0.2, 0) is 10.2 Å². The number of aliphatic hydroxyl groups is 2. The van der Waals surface area contributed by atoms with E-state index in [1.54, 1.807) is 24.3 Å². The van der Waals surface area contributed by atoms with E-state index in [1.807, 2.05) is 18.2 Å². The zero-order valence-corrected chi connectivity index (χ0v) is 29.2. The highest BCUT2D eigenvalue weighted by Crippen LogP contribution is 2.57. The van der Waals surface area contributed by atoms with Crippen molar-refractivity contribution in [2.24, 2.45) is 10.8 Å². The molecule has 47 heavy (non-hydrogen) atoms. The maximum atomic E-state index is 14.7. The number of carbonyl (C=O) groups is 1. The number of nitrogens with one attached hydrogen (secondary N) is 1. The van der Waals surface area contributed by atoms with Crippen molar-refractivity contribution in [2.45, 2.75) is 72.0 Å². The predicted molar refractivity (Wildman–Crippen MR) is 179 cm³/mol. The van der Waals surface area contributed by atoms with Gasteiger partial charge in [-0.05, 0) is 47.9 Å². The Morgan fingerprint density at radius 1 is 0.745 bits per heavy atom. The summed E-state index contributed by atoms with van der Waals surface area (Å²) in [6.45, 7) is 12.3. The lowest BCUT2D eigenvalue weighted by Crippen LogP contribution is -2.38. The molecule has 0 radical (unpaired) electrons. The van der Waals surface area contributed by atoms with Gasteiger partial charge in [-0.2, -0.15) is 0 Å². The topological polar surface area (TPSA) is 125 Å². The third-order valence-corrected chi connectivity index (χ3v) is 8.78. The average Bonchev–Trinajstić information content (AvgIpc) is 3.68. The third-order valence-electron chi connectivity index (χ3n) is 8.29. The van der Waals surface area contributed by atoms with Crippen molar-refractivity contribution in [3.05, 3.63) is 63.6 Å². The summed E-state index contributed by atoms with van der Waals surface area (Å²) in [6.07, 6.45) is -0.518. The largest absolute Gasteiger partial charge is 0.490 e. The van der Waals surface area contributed by atoms with Crippen LogP contribution in [0.3, 0.4) is 0 Å². The van der Waals surface area contributed by atoms with E-state index in [-0.39, 0.29) is 43.5 Å². The molecule has 0 aliphatic carbocycles. The van der Waals surface area contributed by atoms with Crippen LogP contribution >= 0.6 is 15.9 Å². The molecule has 3 aromatic carbocycles. The number of amides is 1. The second-order valence-corrected chi connectivity index (χ2v) is 15.7. The lowest BCUT2D eigenvalue weighted by Gasteiger charge is -2.33. The summed E-state index contributed by atoms with van der Waals surface area (Å²) in [6, 6.07) is 12.5. The standard InChI is InChI=1S/C36H42BrNO9/c1-34(2,3)14-21(39)16-42-27-12-31-29(44-18-46-31)10-24(27)36(23-8-7-20(37)9-26(23)38-33(36)41)25-11-30-32(47-19-45-30)13-28(25)43-17-22(40)15-35(4,5)6/h7-13,21-22,39-40H,14-19H2,1-6H3,(H,38,41)/t21-,22-/m1/s1. The molecule has 0 aromatic heterocycles. The summed E-state index contributed by atoms with van der Waals surface area (Å²) >= 11 is 3.54. The molecule has 3 heterocycles. The number of fused-ring (bicyclic) bond motifs is 3. The molecule has 11 heteroatoms. The summed E-state index contributed by atoms with van der Waals surface area (Å²) in [5, 5.41) is 24.9. The third kappa shape index (κ3) is 6.71. The van der Waals surface area contributed by atoms with Gasteiger partial charge in [0.25, 0.3) is 0 Å². The van der Waals surface area contributed by atoms with E-state index in [2.05, 4.69) is 62.8 Å². The first-order valence-electron chi connectivity index (χ1n) is 15.8. The highest BCUT2D eigenvalue weighted by Gasteiger charge is 2.54. The molecule has 252 valence electrons. The summed E-state index contributed by atoms with van der Waals surface area (Å²) in [7, 11) is 0. The Balaban J connectivity index is 1.55. The number of hydrogen-bond donors (Lipinski definition) is 3. The van der Waals surface area contributed by atoms with Gasteiger partial charge in [0.1, 0.15) is 30.1 Å². The number of halogens is 1. The van der Waals surface area contributed by atoms with Gasteiger partial charge in [-0.15, -0.1) is 0 Å². The fourth-order valence-corrected chi connectivity index (χ4v) is 6.90. The Hall–Kier alpha value is -3.67. The lowest BCUT2D eigenvalue weighted by atomic mass is 9.69. The fraction of sp³-hybridized carbons (Fsp3) is 0.472. The van der Waals surface area contributed by atoms with Gasteiger partial charge in [-0.3, -0.25) is 4.79 Å².